The van der Waals surface area contributed by atoms with Gasteiger partial charge in [-0.1, -0.05) is 6.92 Å². The van der Waals surface area contributed by atoms with Crippen LogP contribution in [0.1, 0.15) is 41.6 Å². The van der Waals surface area contributed by atoms with Gasteiger partial charge in [0.15, 0.2) is 17.3 Å². The van der Waals surface area contributed by atoms with Gasteiger partial charge in [0.2, 0.25) is 0 Å². The molecule has 3 nitrogen and oxygen atoms in total. The molecule has 0 spiro atoms. The molecule has 0 bridgehead atoms. The molecule has 86 valence electrons. The van der Waals surface area contributed by atoms with E-state index in [1.807, 2.05) is 6.07 Å². The van der Waals surface area contributed by atoms with E-state index in [0.717, 1.165) is 17.5 Å². The van der Waals surface area contributed by atoms with Crippen molar-refractivity contribution < 1.29 is 14.3 Å². The van der Waals surface area contributed by atoms with Crippen LogP contribution >= 0.6 is 0 Å². The summed E-state index contributed by atoms with van der Waals surface area (Å²) < 4.78 is 10.5. The van der Waals surface area contributed by atoms with Gasteiger partial charge in [-0.3, -0.25) is 4.79 Å². The molecule has 0 saturated heterocycles. The number of ether oxygens (including phenoxy) is 2. The van der Waals surface area contributed by atoms with Crippen molar-refractivity contribution in [1.29, 1.82) is 0 Å². The minimum absolute atomic E-state index is 0.211. The van der Waals surface area contributed by atoms with E-state index in [0.29, 0.717) is 23.8 Å². The van der Waals surface area contributed by atoms with Crippen molar-refractivity contribution in [2.75, 3.05) is 14.2 Å². The molecule has 16 heavy (non-hydrogen) atoms. The fraction of sp³-hybridized carbons (Fsp3) is 0.462. The molecule has 0 saturated carbocycles. The van der Waals surface area contributed by atoms with E-state index in [4.69, 9.17) is 9.47 Å². The lowest BCUT2D eigenvalue weighted by Gasteiger charge is -2.12. The molecular formula is C13H16O3. The Morgan fingerprint density at radius 3 is 2.44 bits per heavy atom. The van der Waals surface area contributed by atoms with E-state index >= 15 is 0 Å². The topological polar surface area (TPSA) is 35.5 Å². The van der Waals surface area contributed by atoms with Crippen molar-refractivity contribution in [2.45, 2.75) is 25.7 Å². The van der Waals surface area contributed by atoms with E-state index in [-0.39, 0.29) is 5.78 Å². The summed E-state index contributed by atoms with van der Waals surface area (Å²) in [7, 11) is 3.20. The Balaban J connectivity index is 2.54. The third kappa shape index (κ3) is 1.56. The monoisotopic (exact) mass is 220 g/mol. The summed E-state index contributed by atoms with van der Waals surface area (Å²) in [5.41, 5.74) is 1.90. The van der Waals surface area contributed by atoms with Crippen LogP contribution in [0.15, 0.2) is 12.1 Å². The third-order valence-electron chi connectivity index (χ3n) is 3.22. The molecule has 3 heteroatoms. The van der Waals surface area contributed by atoms with Gasteiger partial charge >= 0.3 is 0 Å². The number of hydrogen-bond donors (Lipinski definition) is 0. The van der Waals surface area contributed by atoms with Gasteiger partial charge in [0, 0.05) is 12.0 Å². The molecule has 0 amide bonds. The first-order valence-electron chi connectivity index (χ1n) is 5.50. The number of carbonyl (C=O) groups is 1. The number of methoxy groups -OCH3 is 2. The maximum Gasteiger partial charge on any atom is 0.163 e. The molecule has 2 rings (SSSR count). The van der Waals surface area contributed by atoms with Crippen LogP contribution in [0.2, 0.25) is 0 Å². The largest absolute Gasteiger partial charge is 0.493 e. The van der Waals surface area contributed by atoms with Crippen molar-refractivity contribution >= 4 is 5.78 Å². The van der Waals surface area contributed by atoms with Gasteiger partial charge in [0.05, 0.1) is 14.2 Å². The van der Waals surface area contributed by atoms with Crippen LogP contribution in [0.3, 0.4) is 0 Å². The zero-order chi connectivity index (χ0) is 11.7. The standard InChI is InChI=1S/C13H16O3/c1-4-8-5-11(14)10-7-13(16-3)12(15-2)6-9(8)10/h6-8H,4-5H2,1-3H3/t8-/m0/s1. The van der Waals surface area contributed by atoms with E-state index < -0.39 is 0 Å². The Kier molecular flexibility index (Phi) is 2.86. The average Bonchev–Trinajstić information content (AvgIpc) is 2.63. The van der Waals surface area contributed by atoms with Gasteiger partial charge in [0.1, 0.15) is 0 Å². The quantitative estimate of drug-likeness (QED) is 0.785. The van der Waals surface area contributed by atoms with Crippen LogP contribution < -0.4 is 9.47 Å². The molecule has 0 unspecified atom stereocenters. The number of ketones is 1. The first-order valence-corrected chi connectivity index (χ1v) is 5.50. The van der Waals surface area contributed by atoms with E-state index in [2.05, 4.69) is 6.92 Å². The smallest absolute Gasteiger partial charge is 0.163 e. The van der Waals surface area contributed by atoms with Gasteiger partial charge in [-0.25, -0.2) is 0 Å². The Bertz CT molecular complexity index is 423. The number of Topliss-reactive ketones (excluding diaryl/α,β-unsaturated/α-hetero) is 1. The van der Waals surface area contributed by atoms with E-state index in [1.54, 1.807) is 20.3 Å². The third-order valence-corrected chi connectivity index (χ3v) is 3.22. The summed E-state index contributed by atoms with van der Waals surface area (Å²) in [6.45, 7) is 2.10. The van der Waals surface area contributed by atoms with Crippen LogP contribution in [0, 0.1) is 0 Å². The molecule has 0 aromatic heterocycles. The second-order valence-corrected chi connectivity index (χ2v) is 4.03. The lowest BCUT2D eigenvalue weighted by atomic mass is 9.98. The lowest BCUT2D eigenvalue weighted by molar-refractivity contribution is 0.0988. The first kappa shape index (κ1) is 11.0. The number of hydrogen-bond acceptors (Lipinski definition) is 3. The van der Waals surface area contributed by atoms with Gasteiger partial charge in [-0.05, 0) is 30.0 Å². The molecule has 1 aliphatic carbocycles. The minimum Gasteiger partial charge on any atom is -0.493 e. The maximum absolute atomic E-state index is 11.8. The lowest BCUT2D eigenvalue weighted by Crippen LogP contribution is -1.96. The summed E-state index contributed by atoms with van der Waals surface area (Å²) >= 11 is 0. The van der Waals surface area contributed by atoms with Gasteiger partial charge in [-0.2, -0.15) is 0 Å². The highest BCUT2D eigenvalue weighted by Crippen LogP contribution is 2.41. The fourth-order valence-electron chi connectivity index (χ4n) is 2.28. The summed E-state index contributed by atoms with van der Waals surface area (Å²) in [6.07, 6.45) is 1.59. The van der Waals surface area contributed by atoms with Gasteiger partial charge in [-0.15, -0.1) is 0 Å². The summed E-state index contributed by atoms with van der Waals surface area (Å²) in [5.74, 6) is 1.88. The predicted octanol–water partition coefficient (Wildman–Crippen LogP) is 2.78. The highest BCUT2D eigenvalue weighted by atomic mass is 16.5. The molecule has 1 aromatic rings. The van der Waals surface area contributed by atoms with E-state index in [1.165, 1.54) is 0 Å². The Labute approximate surface area is 95.4 Å². The van der Waals surface area contributed by atoms with Crippen molar-refractivity contribution in [3.05, 3.63) is 23.3 Å². The van der Waals surface area contributed by atoms with Gasteiger partial charge in [0.25, 0.3) is 0 Å². The molecular weight excluding hydrogens is 204 g/mol. The van der Waals surface area contributed by atoms with Crippen molar-refractivity contribution in [1.82, 2.24) is 0 Å². The van der Waals surface area contributed by atoms with Gasteiger partial charge < -0.3 is 9.47 Å². The summed E-state index contributed by atoms with van der Waals surface area (Å²) in [4.78, 5) is 11.8. The molecule has 0 radical (unpaired) electrons. The molecule has 1 aliphatic rings. The molecule has 1 aromatic carbocycles. The second-order valence-electron chi connectivity index (χ2n) is 4.03. The van der Waals surface area contributed by atoms with Crippen LogP contribution in [-0.4, -0.2) is 20.0 Å². The summed E-state index contributed by atoms with van der Waals surface area (Å²) in [5, 5.41) is 0. The zero-order valence-electron chi connectivity index (χ0n) is 9.87. The Hall–Kier alpha value is -1.51. The number of rotatable bonds is 3. The number of fused-ring (bicyclic) bond motifs is 1. The molecule has 0 aliphatic heterocycles. The van der Waals surface area contributed by atoms with Crippen LogP contribution in [-0.2, 0) is 0 Å². The average molecular weight is 220 g/mol. The summed E-state index contributed by atoms with van der Waals surface area (Å²) in [6, 6.07) is 3.74. The fourth-order valence-corrected chi connectivity index (χ4v) is 2.28. The number of carbonyl (C=O) groups excluding carboxylic acids is 1. The van der Waals surface area contributed by atoms with Crippen LogP contribution in [0.5, 0.6) is 11.5 Å². The molecule has 0 fully saturated rings. The molecule has 0 N–H and O–H groups in total. The highest BCUT2D eigenvalue weighted by molar-refractivity contribution is 6.02. The number of benzene rings is 1. The zero-order valence-corrected chi connectivity index (χ0v) is 9.87. The molecule has 1 atom stereocenters. The normalized spacial score (nSPS) is 18.4. The highest BCUT2D eigenvalue weighted by Gasteiger charge is 2.29. The van der Waals surface area contributed by atoms with Crippen molar-refractivity contribution in [3.8, 4) is 11.5 Å². The van der Waals surface area contributed by atoms with E-state index in [9.17, 15) is 4.79 Å². The Morgan fingerprint density at radius 1 is 1.25 bits per heavy atom. The van der Waals surface area contributed by atoms with Crippen molar-refractivity contribution in [3.63, 3.8) is 0 Å². The van der Waals surface area contributed by atoms with Crippen LogP contribution in [0.4, 0.5) is 0 Å². The van der Waals surface area contributed by atoms with Crippen molar-refractivity contribution in [2.24, 2.45) is 0 Å². The Morgan fingerprint density at radius 2 is 1.88 bits per heavy atom. The molecule has 0 heterocycles. The SMILES string of the molecule is CC[C@H]1CC(=O)c2cc(OC)c(OC)cc21. The predicted molar refractivity (Wildman–Crippen MR) is 61.5 cm³/mol. The van der Waals surface area contributed by atoms with Crippen LogP contribution in [0.25, 0.3) is 0 Å². The first-order chi connectivity index (χ1) is 7.71. The minimum atomic E-state index is 0.211. The second kappa shape index (κ2) is 4.16. The maximum atomic E-state index is 11.8.